The second-order valence-corrected chi connectivity index (χ2v) is 8.73. The molecule has 2 aromatic rings. The summed E-state index contributed by atoms with van der Waals surface area (Å²) in [4.78, 5) is 41.5. The Morgan fingerprint density at radius 2 is 1.97 bits per heavy atom. The van der Waals surface area contributed by atoms with E-state index >= 15 is 0 Å². The van der Waals surface area contributed by atoms with Crippen molar-refractivity contribution in [3.63, 3.8) is 0 Å². The topological polar surface area (TPSA) is 137 Å². The summed E-state index contributed by atoms with van der Waals surface area (Å²) in [6, 6.07) is 11.8. The lowest BCUT2D eigenvalue weighted by Gasteiger charge is -2.14. The van der Waals surface area contributed by atoms with Crippen molar-refractivity contribution in [1.29, 1.82) is 0 Å². The lowest BCUT2D eigenvalue weighted by Crippen LogP contribution is -2.30. The molecule has 0 aromatic heterocycles. The maximum atomic E-state index is 12.6. The van der Waals surface area contributed by atoms with Crippen LogP contribution < -0.4 is 15.4 Å². The molecule has 4 amide bonds. The largest absolute Gasteiger partial charge is 0.329 e. The molecule has 1 fully saturated rings. The number of rotatable bonds is 5. The second-order valence-electron chi connectivity index (χ2n) is 7.08. The quantitative estimate of drug-likeness (QED) is 0.590. The van der Waals surface area contributed by atoms with E-state index in [0.29, 0.717) is 16.8 Å². The number of aliphatic imine (C=N–C) groups is 1. The summed E-state index contributed by atoms with van der Waals surface area (Å²) >= 11 is 0. The van der Waals surface area contributed by atoms with Crippen molar-refractivity contribution in [3.05, 3.63) is 59.7 Å². The minimum atomic E-state index is -3.69. The Hall–Kier alpha value is -3.73. The van der Waals surface area contributed by atoms with Crippen molar-refractivity contribution in [1.82, 2.24) is 14.9 Å². The standard InChI is InChI=1S/C20H19N5O5S/c1-12(22-18-15-7-2-3-8-16(15)31(29,30)24-18)19(27)23-14-6-4-5-13(9-14)11-25-17(26)10-21-20(25)28/h2-9,12H,10-11H2,1H3,(H,21,28)(H,22,24)(H,23,27)/t12-/m0/s1. The van der Waals surface area contributed by atoms with Crippen molar-refractivity contribution in [3.8, 4) is 0 Å². The van der Waals surface area contributed by atoms with Crippen molar-refractivity contribution < 1.29 is 22.8 Å². The SMILES string of the molecule is C[C@H](N=C1NS(=O)(=O)c2ccccc21)C(=O)Nc1cccc(CN2C(=O)CNC2=O)c1. The number of imide groups is 1. The zero-order valence-corrected chi connectivity index (χ0v) is 17.3. The first kappa shape index (κ1) is 20.5. The van der Waals surface area contributed by atoms with Crippen LogP contribution in [0.15, 0.2) is 58.4 Å². The Labute approximate surface area is 178 Å². The number of hydrogen-bond acceptors (Lipinski definition) is 6. The molecule has 2 aliphatic heterocycles. The van der Waals surface area contributed by atoms with E-state index < -0.39 is 28.0 Å². The van der Waals surface area contributed by atoms with Crippen LogP contribution in [0.25, 0.3) is 0 Å². The molecule has 4 rings (SSSR count). The van der Waals surface area contributed by atoms with Gasteiger partial charge in [-0.15, -0.1) is 0 Å². The highest BCUT2D eigenvalue weighted by molar-refractivity contribution is 7.90. The van der Waals surface area contributed by atoms with Gasteiger partial charge >= 0.3 is 6.03 Å². The van der Waals surface area contributed by atoms with Gasteiger partial charge in [0.25, 0.3) is 10.0 Å². The number of benzene rings is 2. The van der Waals surface area contributed by atoms with Crippen molar-refractivity contribution in [2.75, 3.05) is 11.9 Å². The molecule has 11 heteroatoms. The van der Waals surface area contributed by atoms with Crippen molar-refractivity contribution >= 4 is 39.4 Å². The smallest absolute Gasteiger partial charge is 0.324 e. The van der Waals surface area contributed by atoms with E-state index in [9.17, 15) is 22.8 Å². The fraction of sp³-hybridized carbons (Fsp3) is 0.200. The van der Waals surface area contributed by atoms with Crippen LogP contribution in [-0.2, 0) is 26.2 Å². The van der Waals surface area contributed by atoms with Gasteiger partial charge in [0, 0.05) is 11.3 Å². The van der Waals surface area contributed by atoms with E-state index in [0.717, 1.165) is 4.90 Å². The van der Waals surface area contributed by atoms with E-state index in [1.807, 2.05) is 0 Å². The molecule has 31 heavy (non-hydrogen) atoms. The number of sulfonamides is 1. The summed E-state index contributed by atoms with van der Waals surface area (Å²) in [6.07, 6.45) is 0. The first-order valence-corrected chi connectivity index (χ1v) is 10.9. The molecule has 2 heterocycles. The summed E-state index contributed by atoms with van der Waals surface area (Å²) < 4.78 is 26.7. The minimum Gasteiger partial charge on any atom is -0.329 e. The molecule has 2 aliphatic rings. The normalized spacial score (nSPS) is 19.0. The van der Waals surface area contributed by atoms with E-state index in [1.54, 1.807) is 49.4 Å². The molecule has 1 atom stereocenters. The second kappa shape index (κ2) is 7.84. The van der Waals surface area contributed by atoms with Crippen LogP contribution in [0.5, 0.6) is 0 Å². The highest BCUT2D eigenvalue weighted by Crippen LogP contribution is 2.23. The van der Waals surface area contributed by atoms with Gasteiger partial charge in [-0.3, -0.25) is 24.2 Å². The number of amidine groups is 1. The van der Waals surface area contributed by atoms with Crippen LogP contribution >= 0.6 is 0 Å². The monoisotopic (exact) mass is 441 g/mol. The summed E-state index contributed by atoms with van der Waals surface area (Å²) in [5, 5.41) is 5.17. The Bertz CT molecular complexity index is 1210. The summed E-state index contributed by atoms with van der Waals surface area (Å²) in [6.45, 7) is 1.61. The number of carbonyl (C=O) groups excluding carboxylic acids is 3. The summed E-state index contributed by atoms with van der Waals surface area (Å²) in [5.74, 6) is -0.642. The Morgan fingerprint density at radius 3 is 2.71 bits per heavy atom. The zero-order valence-electron chi connectivity index (χ0n) is 16.5. The van der Waals surface area contributed by atoms with Crippen molar-refractivity contribution in [2.24, 2.45) is 4.99 Å². The zero-order chi connectivity index (χ0) is 22.2. The molecule has 0 unspecified atom stereocenters. The van der Waals surface area contributed by atoms with Gasteiger partial charge < -0.3 is 10.6 Å². The van der Waals surface area contributed by atoms with E-state index in [2.05, 4.69) is 20.3 Å². The van der Waals surface area contributed by atoms with Gasteiger partial charge in [0.05, 0.1) is 18.0 Å². The van der Waals surface area contributed by atoms with Gasteiger partial charge in [-0.05, 0) is 36.8 Å². The number of fused-ring (bicyclic) bond motifs is 1. The molecular formula is C20H19N5O5S. The van der Waals surface area contributed by atoms with Gasteiger partial charge in [-0.2, -0.15) is 0 Å². The van der Waals surface area contributed by atoms with Gasteiger partial charge in [-0.1, -0.05) is 24.3 Å². The minimum absolute atomic E-state index is 0.0278. The third kappa shape index (κ3) is 4.12. The molecule has 0 spiro atoms. The third-order valence-corrected chi connectivity index (χ3v) is 6.23. The molecule has 0 saturated carbocycles. The molecule has 160 valence electrons. The molecule has 1 saturated heterocycles. The third-order valence-electron chi connectivity index (χ3n) is 4.84. The highest BCUT2D eigenvalue weighted by Gasteiger charge is 2.31. The number of anilines is 1. The van der Waals surface area contributed by atoms with Crippen LogP contribution in [-0.4, -0.2) is 49.6 Å². The number of nitrogens with zero attached hydrogens (tertiary/aromatic N) is 2. The number of nitrogens with one attached hydrogen (secondary N) is 3. The number of hydrogen-bond donors (Lipinski definition) is 3. The van der Waals surface area contributed by atoms with Gasteiger partial charge in [0.15, 0.2) is 0 Å². The molecule has 10 nitrogen and oxygen atoms in total. The number of amides is 4. The number of carbonyl (C=O) groups is 3. The fourth-order valence-electron chi connectivity index (χ4n) is 3.27. The van der Waals surface area contributed by atoms with Gasteiger partial charge in [-0.25, -0.2) is 13.2 Å². The average molecular weight is 441 g/mol. The van der Waals surface area contributed by atoms with Crippen LogP contribution in [0, 0.1) is 0 Å². The number of urea groups is 1. The predicted octanol–water partition coefficient (Wildman–Crippen LogP) is 0.804. The lowest BCUT2D eigenvalue weighted by molar-refractivity contribution is -0.125. The maximum Gasteiger partial charge on any atom is 0.324 e. The molecule has 3 N–H and O–H groups in total. The Morgan fingerprint density at radius 1 is 1.19 bits per heavy atom. The van der Waals surface area contributed by atoms with Crippen LogP contribution in [0.3, 0.4) is 0 Å². The average Bonchev–Trinajstić information content (AvgIpc) is 3.18. The van der Waals surface area contributed by atoms with Gasteiger partial charge in [0.2, 0.25) is 11.8 Å². The molecule has 0 bridgehead atoms. The predicted molar refractivity (Wildman–Crippen MR) is 112 cm³/mol. The molecular weight excluding hydrogens is 422 g/mol. The van der Waals surface area contributed by atoms with Gasteiger partial charge in [0.1, 0.15) is 11.9 Å². The Balaban J connectivity index is 1.47. The first-order chi connectivity index (χ1) is 14.7. The molecule has 0 radical (unpaired) electrons. The fourth-order valence-corrected chi connectivity index (χ4v) is 4.51. The maximum absolute atomic E-state index is 12.6. The van der Waals surface area contributed by atoms with E-state index in [-0.39, 0.29) is 29.7 Å². The molecule has 2 aromatic carbocycles. The summed E-state index contributed by atoms with van der Waals surface area (Å²) in [7, 11) is -3.69. The van der Waals surface area contributed by atoms with Crippen LogP contribution in [0.2, 0.25) is 0 Å². The first-order valence-electron chi connectivity index (χ1n) is 9.42. The van der Waals surface area contributed by atoms with E-state index in [1.165, 1.54) is 6.07 Å². The van der Waals surface area contributed by atoms with Crippen LogP contribution in [0.4, 0.5) is 10.5 Å². The van der Waals surface area contributed by atoms with Crippen molar-refractivity contribution in [2.45, 2.75) is 24.4 Å². The van der Waals surface area contributed by atoms with E-state index in [4.69, 9.17) is 0 Å². The Kier molecular flexibility index (Phi) is 5.19. The van der Waals surface area contributed by atoms with Crippen LogP contribution in [0.1, 0.15) is 18.1 Å². The highest BCUT2D eigenvalue weighted by atomic mass is 32.2. The lowest BCUT2D eigenvalue weighted by atomic mass is 10.1. The molecule has 0 aliphatic carbocycles. The summed E-state index contributed by atoms with van der Waals surface area (Å²) in [5.41, 5.74) is 1.55.